The minimum Gasteiger partial charge on any atom is -0.399 e. The van der Waals surface area contributed by atoms with Crippen LogP contribution in [-0.4, -0.2) is 12.3 Å². The predicted molar refractivity (Wildman–Crippen MR) is 52.1 cm³/mol. The molecule has 0 bridgehead atoms. The van der Waals surface area contributed by atoms with Gasteiger partial charge in [0.15, 0.2) is 0 Å². The molecule has 0 unspecified atom stereocenters. The van der Waals surface area contributed by atoms with E-state index in [2.05, 4.69) is 17.4 Å². The van der Waals surface area contributed by atoms with E-state index in [0.717, 1.165) is 12.2 Å². The van der Waals surface area contributed by atoms with Crippen molar-refractivity contribution < 1.29 is 5.32 Å². The van der Waals surface area contributed by atoms with Gasteiger partial charge in [-0.15, -0.1) is 11.8 Å². The van der Waals surface area contributed by atoms with Gasteiger partial charge >= 0.3 is 0 Å². The summed E-state index contributed by atoms with van der Waals surface area (Å²) in [5, 5.41) is 2.33. The van der Waals surface area contributed by atoms with Gasteiger partial charge < -0.3 is 11.1 Å². The van der Waals surface area contributed by atoms with Crippen LogP contribution in [-0.2, 0) is 6.54 Å². The zero-order valence-corrected chi connectivity index (χ0v) is 7.73. The van der Waals surface area contributed by atoms with Crippen LogP contribution in [0.2, 0.25) is 0 Å². The molecule has 0 aliphatic carbocycles. The molecule has 2 nitrogen and oxygen atoms in total. The first-order chi connectivity index (χ1) is 5.86. The van der Waals surface area contributed by atoms with E-state index in [4.69, 9.17) is 5.73 Å². The van der Waals surface area contributed by atoms with Gasteiger partial charge in [0.1, 0.15) is 6.54 Å². The van der Waals surface area contributed by atoms with Crippen LogP contribution in [0.15, 0.2) is 23.1 Å². The molecule has 0 saturated heterocycles. The van der Waals surface area contributed by atoms with Crippen molar-refractivity contribution in [3.63, 3.8) is 0 Å². The maximum atomic E-state index is 5.71. The Morgan fingerprint density at radius 3 is 3.25 bits per heavy atom. The third-order valence-corrected chi connectivity index (χ3v) is 3.18. The van der Waals surface area contributed by atoms with E-state index in [9.17, 15) is 0 Å². The zero-order valence-electron chi connectivity index (χ0n) is 6.92. The van der Waals surface area contributed by atoms with E-state index in [1.807, 2.05) is 17.8 Å². The van der Waals surface area contributed by atoms with Crippen LogP contribution in [0.1, 0.15) is 5.56 Å². The molecule has 0 fully saturated rings. The molecular weight excluding hydrogens is 168 g/mol. The average Bonchev–Trinajstić information content (AvgIpc) is 2.28. The largest absolute Gasteiger partial charge is 0.399 e. The first-order valence-corrected chi connectivity index (χ1v) is 5.18. The van der Waals surface area contributed by atoms with Crippen LogP contribution in [0.3, 0.4) is 0 Å². The summed E-state index contributed by atoms with van der Waals surface area (Å²) < 4.78 is 0. The van der Waals surface area contributed by atoms with Crippen molar-refractivity contribution in [2.75, 3.05) is 18.0 Å². The van der Waals surface area contributed by atoms with Crippen molar-refractivity contribution in [3.05, 3.63) is 23.8 Å². The topological polar surface area (TPSA) is 42.6 Å². The Hall–Kier alpha value is -0.670. The standard InChI is InChI=1S/C9H12N2S/c10-8-1-2-9-7(5-8)6-11-3-4-12-9/h1-2,5,11H,3-4,6,10H2/p+1. The number of anilines is 1. The van der Waals surface area contributed by atoms with E-state index in [-0.39, 0.29) is 0 Å². The number of nitrogens with two attached hydrogens (primary N) is 2. The molecule has 1 aliphatic heterocycles. The number of thioether (sulfide) groups is 1. The van der Waals surface area contributed by atoms with Gasteiger partial charge in [-0.25, -0.2) is 0 Å². The molecule has 0 atom stereocenters. The summed E-state index contributed by atoms with van der Waals surface area (Å²) >= 11 is 1.93. The highest BCUT2D eigenvalue weighted by molar-refractivity contribution is 7.99. The van der Waals surface area contributed by atoms with Gasteiger partial charge in [0.25, 0.3) is 0 Å². The van der Waals surface area contributed by atoms with Gasteiger partial charge in [-0.2, -0.15) is 0 Å². The normalized spacial score (nSPS) is 16.7. The first-order valence-electron chi connectivity index (χ1n) is 4.19. The molecule has 0 amide bonds. The van der Waals surface area contributed by atoms with E-state index in [1.165, 1.54) is 22.8 Å². The third-order valence-electron chi connectivity index (χ3n) is 2.03. The summed E-state index contributed by atoms with van der Waals surface area (Å²) in [5.41, 5.74) is 7.98. The number of fused-ring (bicyclic) bond motifs is 1. The average molecular weight is 181 g/mol. The molecule has 1 aromatic carbocycles. The highest BCUT2D eigenvalue weighted by Crippen LogP contribution is 2.24. The second-order valence-electron chi connectivity index (χ2n) is 3.00. The molecule has 0 saturated carbocycles. The minimum absolute atomic E-state index is 0.879. The molecule has 2 rings (SSSR count). The summed E-state index contributed by atoms with van der Waals surface area (Å²) in [6.07, 6.45) is 0. The van der Waals surface area contributed by atoms with Gasteiger partial charge in [0.05, 0.1) is 6.54 Å². The Balaban J connectivity index is 2.36. The molecular formula is C9H13N2S+. The van der Waals surface area contributed by atoms with Crippen molar-refractivity contribution in [2.24, 2.45) is 0 Å². The van der Waals surface area contributed by atoms with Crippen LogP contribution >= 0.6 is 11.8 Å². The van der Waals surface area contributed by atoms with Crippen molar-refractivity contribution in [2.45, 2.75) is 11.4 Å². The van der Waals surface area contributed by atoms with Crippen LogP contribution in [0.5, 0.6) is 0 Å². The molecule has 3 heteroatoms. The lowest BCUT2D eigenvalue weighted by atomic mass is 10.2. The molecule has 0 radical (unpaired) electrons. The molecule has 12 heavy (non-hydrogen) atoms. The quantitative estimate of drug-likeness (QED) is 0.570. The highest BCUT2D eigenvalue weighted by atomic mass is 32.2. The Kier molecular flexibility index (Phi) is 2.23. The van der Waals surface area contributed by atoms with Crippen LogP contribution < -0.4 is 11.1 Å². The van der Waals surface area contributed by atoms with Gasteiger partial charge in [-0.1, -0.05) is 0 Å². The Morgan fingerprint density at radius 1 is 1.42 bits per heavy atom. The number of rotatable bonds is 0. The second-order valence-corrected chi connectivity index (χ2v) is 4.13. The minimum atomic E-state index is 0.879. The lowest BCUT2D eigenvalue weighted by molar-refractivity contribution is -0.666. The Bertz CT molecular complexity index is 286. The van der Waals surface area contributed by atoms with Gasteiger partial charge in [0, 0.05) is 21.9 Å². The lowest BCUT2D eigenvalue weighted by Crippen LogP contribution is -2.82. The van der Waals surface area contributed by atoms with Gasteiger partial charge in [-0.05, 0) is 18.2 Å². The van der Waals surface area contributed by atoms with Gasteiger partial charge in [-0.3, -0.25) is 0 Å². The fraction of sp³-hybridized carbons (Fsp3) is 0.333. The lowest BCUT2D eigenvalue weighted by Gasteiger charge is -2.02. The smallest absolute Gasteiger partial charge is 0.102 e. The van der Waals surface area contributed by atoms with E-state index < -0.39 is 0 Å². The molecule has 1 aromatic rings. The van der Waals surface area contributed by atoms with Crippen molar-refractivity contribution in [3.8, 4) is 0 Å². The summed E-state index contributed by atoms with van der Waals surface area (Å²) in [6, 6.07) is 6.20. The SMILES string of the molecule is Nc1ccc2c(c1)C[NH2+]CCS2. The van der Waals surface area contributed by atoms with E-state index >= 15 is 0 Å². The fourth-order valence-corrected chi connectivity index (χ4v) is 2.41. The Labute approximate surface area is 76.5 Å². The second kappa shape index (κ2) is 3.37. The number of hydrogen-bond acceptors (Lipinski definition) is 2. The van der Waals surface area contributed by atoms with E-state index in [0.29, 0.717) is 0 Å². The monoisotopic (exact) mass is 181 g/mol. The Morgan fingerprint density at radius 2 is 2.33 bits per heavy atom. The summed E-state index contributed by atoms with van der Waals surface area (Å²) in [5.74, 6) is 1.21. The van der Waals surface area contributed by atoms with E-state index in [1.54, 1.807) is 0 Å². The number of quaternary nitrogens is 1. The summed E-state index contributed by atoms with van der Waals surface area (Å²) in [4.78, 5) is 1.40. The van der Waals surface area contributed by atoms with Crippen LogP contribution in [0.4, 0.5) is 5.69 Å². The summed E-state index contributed by atoms with van der Waals surface area (Å²) in [6.45, 7) is 2.28. The third kappa shape index (κ3) is 1.57. The summed E-state index contributed by atoms with van der Waals surface area (Å²) in [7, 11) is 0. The first kappa shape index (κ1) is 7.95. The molecule has 0 aromatic heterocycles. The van der Waals surface area contributed by atoms with Crippen LogP contribution in [0, 0.1) is 0 Å². The number of benzene rings is 1. The molecule has 1 heterocycles. The van der Waals surface area contributed by atoms with Crippen molar-refractivity contribution >= 4 is 17.4 Å². The molecule has 1 aliphatic rings. The fourth-order valence-electron chi connectivity index (χ4n) is 1.41. The van der Waals surface area contributed by atoms with Crippen molar-refractivity contribution in [1.82, 2.24) is 0 Å². The van der Waals surface area contributed by atoms with Crippen molar-refractivity contribution in [1.29, 1.82) is 0 Å². The molecule has 4 N–H and O–H groups in total. The van der Waals surface area contributed by atoms with Gasteiger partial charge in [0.2, 0.25) is 0 Å². The van der Waals surface area contributed by atoms with Crippen LogP contribution in [0.25, 0.3) is 0 Å². The zero-order chi connectivity index (χ0) is 8.39. The highest BCUT2D eigenvalue weighted by Gasteiger charge is 2.09. The number of hydrogen-bond donors (Lipinski definition) is 2. The maximum Gasteiger partial charge on any atom is 0.102 e. The predicted octanol–water partition coefficient (Wildman–Crippen LogP) is 0.438. The molecule has 64 valence electrons. The number of nitrogen functional groups attached to an aromatic ring is 1. The molecule has 0 spiro atoms. The maximum absolute atomic E-state index is 5.71.